The topological polar surface area (TPSA) is 71.3 Å². The number of hydrogen-bond donors (Lipinski definition) is 2. The molecule has 1 aromatic heterocycles. The molecule has 6 rings (SSSR count). The Morgan fingerprint density at radius 1 is 0.800 bits per heavy atom. The third kappa shape index (κ3) is 3.95. The van der Waals surface area contributed by atoms with Gasteiger partial charge in [0, 0.05) is 28.8 Å². The van der Waals surface area contributed by atoms with Gasteiger partial charge in [0.15, 0.2) is 11.6 Å². The van der Waals surface area contributed by atoms with Crippen LogP contribution < -0.4 is 10.6 Å². The zero-order chi connectivity index (χ0) is 23.8. The lowest BCUT2D eigenvalue weighted by Gasteiger charge is -2.29. The number of fused-ring (bicyclic) bond motifs is 1. The van der Waals surface area contributed by atoms with Gasteiger partial charge in [-0.3, -0.25) is 9.59 Å². The van der Waals surface area contributed by atoms with Gasteiger partial charge < -0.3 is 15.1 Å². The van der Waals surface area contributed by atoms with E-state index < -0.39 is 6.04 Å². The summed E-state index contributed by atoms with van der Waals surface area (Å²) in [5, 5.41) is 7.04. The molecular weight excluding hydrogens is 436 g/mol. The Morgan fingerprint density at radius 3 is 2.31 bits per heavy atom. The summed E-state index contributed by atoms with van der Waals surface area (Å²) in [5.41, 5.74) is 5.52. The molecule has 0 unspecified atom stereocenters. The number of rotatable bonds is 4. The first-order valence-corrected chi connectivity index (χ1v) is 11.8. The van der Waals surface area contributed by atoms with Crippen LogP contribution in [0.15, 0.2) is 113 Å². The molecule has 2 aliphatic rings. The van der Waals surface area contributed by atoms with E-state index in [1.165, 1.54) is 0 Å². The first-order valence-electron chi connectivity index (χ1n) is 11.8. The van der Waals surface area contributed by atoms with Gasteiger partial charge in [-0.1, -0.05) is 60.7 Å². The Morgan fingerprint density at radius 2 is 1.57 bits per heavy atom. The Bertz CT molecular complexity index is 1420. The van der Waals surface area contributed by atoms with Crippen LogP contribution >= 0.6 is 0 Å². The minimum absolute atomic E-state index is 0.0434. The van der Waals surface area contributed by atoms with Crippen LogP contribution in [0.4, 0.5) is 11.4 Å². The molecular formula is C30H24N2O3. The van der Waals surface area contributed by atoms with Crippen molar-refractivity contribution in [2.24, 2.45) is 0 Å². The van der Waals surface area contributed by atoms with Crippen molar-refractivity contribution < 1.29 is 14.0 Å². The summed E-state index contributed by atoms with van der Waals surface area (Å²) >= 11 is 0. The smallest absolute Gasteiger partial charge is 0.193 e. The maximum absolute atomic E-state index is 13.5. The van der Waals surface area contributed by atoms with Crippen molar-refractivity contribution in [1.29, 1.82) is 0 Å². The molecule has 0 spiro atoms. The first kappa shape index (κ1) is 21.2. The molecule has 0 bridgehead atoms. The van der Waals surface area contributed by atoms with E-state index in [0.717, 1.165) is 22.6 Å². The molecule has 0 radical (unpaired) electrons. The van der Waals surface area contributed by atoms with Crippen LogP contribution in [0.3, 0.4) is 0 Å². The van der Waals surface area contributed by atoms with Crippen molar-refractivity contribution in [3.05, 3.63) is 131 Å². The molecule has 2 N–H and O–H groups in total. The average Bonchev–Trinajstić information content (AvgIpc) is 3.38. The molecule has 5 nitrogen and oxygen atoms in total. The Labute approximate surface area is 203 Å². The van der Waals surface area contributed by atoms with Crippen LogP contribution in [0.1, 0.15) is 52.0 Å². The standard InChI is InChI=1S/C30H24N2O3/c33-26-18-22(19-8-3-1-4-9-19)17-25-28(26)29(27-12-7-15-35-27)32-23-14-13-21(16-24(23)31-25)30(34)20-10-5-2-6-11-20/h1-16,22,29,31-32H,17-18H2/t22-,29-/m0/s1. The lowest BCUT2D eigenvalue weighted by Crippen LogP contribution is -2.26. The fraction of sp³-hybridized carbons (Fsp3) is 0.133. The number of carbonyl (C=O) groups excluding carboxylic acids is 2. The van der Waals surface area contributed by atoms with Crippen LogP contribution in [-0.2, 0) is 4.79 Å². The Kier molecular flexibility index (Phi) is 5.30. The summed E-state index contributed by atoms with van der Waals surface area (Å²) in [6.07, 6.45) is 2.76. The number of benzene rings is 3. The van der Waals surface area contributed by atoms with Gasteiger partial charge >= 0.3 is 0 Å². The van der Waals surface area contributed by atoms with E-state index in [1.807, 2.05) is 78.9 Å². The fourth-order valence-electron chi connectivity index (χ4n) is 5.08. The normalized spacial score (nSPS) is 19.1. The summed E-state index contributed by atoms with van der Waals surface area (Å²) < 4.78 is 5.74. The van der Waals surface area contributed by atoms with Crippen molar-refractivity contribution >= 4 is 22.9 Å². The highest BCUT2D eigenvalue weighted by Gasteiger charge is 2.37. The third-order valence-corrected chi connectivity index (χ3v) is 6.80. The SMILES string of the molecule is O=C1C[C@@H](c2ccccc2)CC2=C1[C@H](c1ccco1)Nc1ccc(C(=O)c3ccccc3)cc1N2. The molecule has 35 heavy (non-hydrogen) atoms. The molecule has 172 valence electrons. The molecule has 4 aromatic rings. The minimum atomic E-state index is -0.409. The second-order valence-electron chi connectivity index (χ2n) is 9.00. The highest BCUT2D eigenvalue weighted by molar-refractivity contribution is 6.10. The summed E-state index contributed by atoms with van der Waals surface area (Å²) in [4.78, 5) is 26.7. The molecule has 5 heteroatoms. The zero-order valence-electron chi connectivity index (χ0n) is 19.0. The molecule has 2 atom stereocenters. The van der Waals surface area contributed by atoms with Crippen molar-refractivity contribution in [2.45, 2.75) is 24.8 Å². The molecule has 0 amide bonds. The Hall–Kier alpha value is -4.38. The van der Waals surface area contributed by atoms with Gasteiger partial charge in [0.05, 0.1) is 17.6 Å². The van der Waals surface area contributed by atoms with E-state index in [1.54, 1.807) is 6.26 Å². The van der Waals surface area contributed by atoms with Crippen molar-refractivity contribution in [1.82, 2.24) is 0 Å². The average molecular weight is 461 g/mol. The molecule has 2 heterocycles. The molecule has 1 aliphatic carbocycles. The van der Waals surface area contributed by atoms with Gasteiger partial charge in [0.1, 0.15) is 11.8 Å². The number of carbonyl (C=O) groups is 2. The lowest BCUT2D eigenvalue weighted by molar-refractivity contribution is -0.116. The number of furan rings is 1. The van der Waals surface area contributed by atoms with E-state index in [9.17, 15) is 9.59 Å². The Balaban J connectivity index is 1.42. The summed E-state index contributed by atoms with van der Waals surface area (Å²) in [6, 6.07) is 28.3. The summed E-state index contributed by atoms with van der Waals surface area (Å²) in [7, 11) is 0. The quantitative estimate of drug-likeness (QED) is 0.341. The van der Waals surface area contributed by atoms with Crippen molar-refractivity contribution in [3.8, 4) is 0 Å². The van der Waals surface area contributed by atoms with Gasteiger partial charge in [-0.15, -0.1) is 0 Å². The number of nitrogens with one attached hydrogen (secondary N) is 2. The monoisotopic (exact) mass is 460 g/mol. The van der Waals surface area contributed by atoms with Gasteiger partial charge in [-0.25, -0.2) is 0 Å². The molecule has 3 aromatic carbocycles. The number of anilines is 2. The second-order valence-corrected chi connectivity index (χ2v) is 9.00. The second kappa shape index (κ2) is 8.76. The van der Waals surface area contributed by atoms with E-state index in [-0.39, 0.29) is 17.5 Å². The van der Waals surface area contributed by atoms with Crippen LogP contribution in [-0.4, -0.2) is 11.6 Å². The number of hydrogen-bond acceptors (Lipinski definition) is 5. The molecule has 0 saturated carbocycles. The largest absolute Gasteiger partial charge is 0.467 e. The lowest BCUT2D eigenvalue weighted by atomic mass is 9.79. The molecule has 0 saturated heterocycles. The van der Waals surface area contributed by atoms with Crippen LogP contribution in [0.2, 0.25) is 0 Å². The van der Waals surface area contributed by atoms with Crippen LogP contribution in [0, 0.1) is 0 Å². The minimum Gasteiger partial charge on any atom is -0.467 e. The van der Waals surface area contributed by atoms with E-state index >= 15 is 0 Å². The fourth-order valence-corrected chi connectivity index (χ4v) is 5.08. The van der Waals surface area contributed by atoms with Crippen LogP contribution in [0.5, 0.6) is 0 Å². The maximum Gasteiger partial charge on any atom is 0.193 e. The van der Waals surface area contributed by atoms with Gasteiger partial charge in [-0.2, -0.15) is 0 Å². The van der Waals surface area contributed by atoms with Gasteiger partial charge in [-0.05, 0) is 48.2 Å². The zero-order valence-corrected chi connectivity index (χ0v) is 19.0. The highest BCUT2D eigenvalue weighted by atomic mass is 16.3. The van der Waals surface area contributed by atoms with Gasteiger partial charge in [0.25, 0.3) is 0 Å². The van der Waals surface area contributed by atoms with E-state index in [2.05, 4.69) is 22.8 Å². The van der Waals surface area contributed by atoms with Crippen molar-refractivity contribution in [2.75, 3.05) is 10.6 Å². The third-order valence-electron chi connectivity index (χ3n) is 6.80. The predicted molar refractivity (Wildman–Crippen MR) is 135 cm³/mol. The molecule has 1 aliphatic heterocycles. The summed E-state index contributed by atoms with van der Waals surface area (Å²) in [5.74, 6) is 0.819. The first-order chi connectivity index (χ1) is 17.2. The van der Waals surface area contributed by atoms with Gasteiger partial charge in [0.2, 0.25) is 0 Å². The number of ketones is 2. The maximum atomic E-state index is 13.5. The number of Topliss-reactive ketones (excluding diaryl/α,β-unsaturated/α-hetero) is 1. The number of allylic oxidation sites excluding steroid dienone is 1. The predicted octanol–water partition coefficient (Wildman–Crippen LogP) is 6.49. The molecule has 0 fully saturated rings. The van der Waals surface area contributed by atoms with E-state index in [4.69, 9.17) is 4.42 Å². The highest BCUT2D eigenvalue weighted by Crippen LogP contribution is 2.44. The van der Waals surface area contributed by atoms with E-state index in [0.29, 0.717) is 35.3 Å². The van der Waals surface area contributed by atoms with Crippen LogP contribution in [0.25, 0.3) is 0 Å². The van der Waals surface area contributed by atoms with Crippen molar-refractivity contribution in [3.63, 3.8) is 0 Å². The summed E-state index contributed by atoms with van der Waals surface area (Å²) in [6.45, 7) is 0.